The molecule has 9 heteroatoms. The maximum Gasteiger partial charge on any atom is 0.295 e. The summed E-state index contributed by atoms with van der Waals surface area (Å²) < 4.78 is 16.4. The number of ether oxygens (including phenoxy) is 3. The lowest BCUT2D eigenvalue weighted by Crippen LogP contribution is -2.30. The average molecular weight is 494 g/mol. The Balaban J connectivity index is 2.29. The van der Waals surface area contributed by atoms with Crippen molar-refractivity contribution in [1.82, 2.24) is 4.90 Å². The van der Waals surface area contributed by atoms with Gasteiger partial charge < -0.3 is 24.2 Å². The predicted octanol–water partition coefficient (Wildman–Crippen LogP) is 5.24. The van der Waals surface area contributed by atoms with Crippen LogP contribution in [0.2, 0.25) is 10.0 Å². The fourth-order valence-corrected chi connectivity index (χ4v) is 4.49. The second-order valence-electron chi connectivity index (χ2n) is 7.30. The second kappa shape index (κ2) is 10.4. The number of Topliss-reactive ketones (excluding diaryl/α,β-unsaturated/α-hetero) is 1. The van der Waals surface area contributed by atoms with Gasteiger partial charge in [-0.2, -0.15) is 0 Å². The maximum atomic E-state index is 13.1. The number of carbonyl (C=O) groups is 2. The molecule has 0 radical (unpaired) electrons. The topological polar surface area (TPSA) is 85.3 Å². The van der Waals surface area contributed by atoms with Gasteiger partial charge in [-0.15, -0.1) is 0 Å². The van der Waals surface area contributed by atoms with Crippen LogP contribution in [0.5, 0.6) is 17.2 Å². The predicted molar refractivity (Wildman–Crippen MR) is 126 cm³/mol. The third-order valence-electron chi connectivity index (χ3n) is 5.28. The van der Waals surface area contributed by atoms with Crippen molar-refractivity contribution >= 4 is 40.7 Å². The van der Waals surface area contributed by atoms with Crippen molar-refractivity contribution in [2.45, 2.75) is 26.3 Å². The number of ketones is 1. The molecule has 0 aliphatic carbocycles. The average Bonchev–Trinajstić information content (AvgIpc) is 3.03. The molecule has 2 aromatic carbocycles. The summed E-state index contributed by atoms with van der Waals surface area (Å²) in [6.07, 6.45) is 0.615. The molecule has 1 atom stereocenters. The molecule has 1 fully saturated rings. The number of halogens is 2. The molecule has 3 rings (SSSR count). The molecule has 1 aliphatic rings. The first-order valence-electron chi connectivity index (χ1n) is 10.4. The number of hydrogen-bond donors (Lipinski definition) is 1. The van der Waals surface area contributed by atoms with Gasteiger partial charge in [-0.3, -0.25) is 9.59 Å². The first kappa shape index (κ1) is 24.7. The molecule has 7 nitrogen and oxygen atoms in total. The van der Waals surface area contributed by atoms with E-state index in [1.54, 1.807) is 18.2 Å². The van der Waals surface area contributed by atoms with Crippen molar-refractivity contribution < 1.29 is 28.9 Å². The number of carbonyl (C=O) groups excluding carboxylic acids is 2. The monoisotopic (exact) mass is 493 g/mol. The normalized spacial score (nSPS) is 17.4. The van der Waals surface area contributed by atoms with Gasteiger partial charge in [-0.1, -0.05) is 36.2 Å². The summed E-state index contributed by atoms with van der Waals surface area (Å²) in [5.74, 6) is -0.822. The smallest absolute Gasteiger partial charge is 0.295 e. The molecule has 176 valence electrons. The Morgan fingerprint density at radius 3 is 2.39 bits per heavy atom. The zero-order valence-corrected chi connectivity index (χ0v) is 20.3. The molecule has 1 N–H and O–H groups in total. The Morgan fingerprint density at radius 1 is 1.06 bits per heavy atom. The summed E-state index contributed by atoms with van der Waals surface area (Å²) in [4.78, 5) is 27.5. The first-order valence-corrected chi connectivity index (χ1v) is 11.2. The van der Waals surface area contributed by atoms with Crippen molar-refractivity contribution in [3.05, 3.63) is 57.1 Å². The first-order chi connectivity index (χ1) is 15.8. The van der Waals surface area contributed by atoms with Gasteiger partial charge in [0.15, 0.2) is 11.5 Å². The van der Waals surface area contributed by atoms with E-state index < -0.39 is 23.5 Å². The number of hydrogen-bond acceptors (Lipinski definition) is 6. The van der Waals surface area contributed by atoms with Gasteiger partial charge in [-0.25, -0.2) is 0 Å². The Hall–Kier alpha value is -2.90. The Morgan fingerprint density at radius 2 is 1.79 bits per heavy atom. The molecule has 1 heterocycles. The fourth-order valence-electron chi connectivity index (χ4n) is 3.92. The summed E-state index contributed by atoms with van der Waals surface area (Å²) in [6, 6.07) is 7.18. The van der Waals surface area contributed by atoms with E-state index in [0.717, 1.165) is 0 Å². The minimum atomic E-state index is -0.850. The summed E-state index contributed by atoms with van der Waals surface area (Å²) >= 11 is 12.4. The van der Waals surface area contributed by atoms with Crippen LogP contribution in [0.3, 0.4) is 0 Å². The van der Waals surface area contributed by atoms with Gasteiger partial charge in [-0.05, 0) is 43.2 Å². The van der Waals surface area contributed by atoms with E-state index in [1.165, 1.54) is 31.3 Å². The standard InChI is InChI=1S/C24H25Cl2NO6/c1-5-9-27-20(13-7-8-17(31-3)18(10-13)33-6-2)19(22(29)24(27)30)21(28)15-11-14(25)12-16(26)23(15)32-4/h7-8,10-12,20,28H,5-6,9H2,1-4H3/b21-19+. The number of aliphatic hydroxyl groups excluding tert-OH is 1. The lowest BCUT2D eigenvalue weighted by Gasteiger charge is -2.25. The molecule has 0 saturated carbocycles. The Kier molecular flexibility index (Phi) is 7.76. The highest BCUT2D eigenvalue weighted by molar-refractivity contribution is 6.46. The number of rotatable bonds is 8. The van der Waals surface area contributed by atoms with E-state index in [2.05, 4.69) is 0 Å². The van der Waals surface area contributed by atoms with E-state index in [-0.39, 0.29) is 26.9 Å². The van der Waals surface area contributed by atoms with Gasteiger partial charge in [0.2, 0.25) is 0 Å². The molecular formula is C24H25Cl2NO6. The number of methoxy groups -OCH3 is 2. The summed E-state index contributed by atoms with van der Waals surface area (Å²) in [7, 11) is 2.91. The molecule has 0 spiro atoms. The number of benzene rings is 2. The van der Waals surface area contributed by atoms with Crippen molar-refractivity contribution in [2.24, 2.45) is 0 Å². The van der Waals surface area contributed by atoms with Gasteiger partial charge in [0.25, 0.3) is 11.7 Å². The third-order valence-corrected chi connectivity index (χ3v) is 5.77. The van der Waals surface area contributed by atoms with E-state index in [0.29, 0.717) is 36.6 Å². The lowest BCUT2D eigenvalue weighted by atomic mass is 9.94. The highest BCUT2D eigenvalue weighted by Gasteiger charge is 2.46. The van der Waals surface area contributed by atoms with Crippen LogP contribution in [0.15, 0.2) is 35.9 Å². The Bertz CT molecular complexity index is 1110. The van der Waals surface area contributed by atoms with Crippen LogP contribution < -0.4 is 14.2 Å². The van der Waals surface area contributed by atoms with Crippen LogP contribution in [0.4, 0.5) is 0 Å². The molecule has 1 unspecified atom stereocenters. The molecule has 1 saturated heterocycles. The molecule has 0 bridgehead atoms. The van der Waals surface area contributed by atoms with Crippen LogP contribution in [0, 0.1) is 0 Å². The minimum Gasteiger partial charge on any atom is -0.507 e. The summed E-state index contributed by atoms with van der Waals surface area (Å²) in [5.41, 5.74) is 0.617. The van der Waals surface area contributed by atoms with E-state index in [9.17, 15) is 14.7 Å². The van der Waals surface area contributed by atoms with E-state index >= 15 is 0 Å². The zero-order chi connectivity index (χ0) is 24.3. The molecular weight excluding hydrogens is 469 g/mol. The summed E-state index contributed by atoms with van der Waals surface area (Å²) in [6.45, 7) is 4.45. The van der Waals surface area contributed by atoms with Crippen LogP contribution in [-0.4, -0.2) is 49.1 Å². The zero-order valence-electron chi connectivity index (χ0n) is 18.8. The van der Waals surface area contributed by atoms with Crippen LogP contribution in [0.25, 0.3) is 5.76 Å². The van der Waals surface area contributed by atoms with Crippen LogP contribution in [0.1, 0.15) is 37.4 Å². The van der Waals surface area contributed by atoms with Gasteiger partial charge in [0.05, 0.1) is 43.0 Å². The van der Waals surface area contributed by atoms with E-state index in [4.69, 9.17) is 37.4 Å². The molecule has 33 heavy (non-hydrogen) atoms. The van der Waals surface area contributed by atoms with Gasteiger partial charge in [0, 0.05) is 11.6 Å². The number of nitrogens with zero attached hydrogens (tertiary/aromatic N) is 1. The Labute approximate surface area is 202 Å². The van der Waals surface area contributed by atoms with E-state index in [1.807, 2.05) is 13.8 Å². The van der Waals surface area contributed by atoms with Crippen LogP contribution >= 0.6 is 23.2 Å². The number of amides is 1. The lowest BCUT2D eigenvalue weighted by molar-refractivity contribution is -0.139. The quantitative estimate of drug-likeness (QED) is 0.307. The molecule has 1 amide bonds. The van der Waals surface area contributed by atoms with Crippen molar-refractivity contribution in [2.75, 3.05) is 27.4 Å². The molecule has 2 aromatic rings. The van der Waals surface area contributed by atoms with Crippen molar-refractivity contribution in [1.29, 1.82) is 0 Å². The third kappa shape index (κ3) is 4.61. The second-order valence-corrected chi connectivity index (χ2v) is 8.15. The van der Waals surface area contributed by atoms with Crippen molar-refractivity contribution in [3.63, 3.8) is 0 Å². The molecule has 1 aliphatic heterocycles. The SMILES string of the molecule is CCCN1C(=O)C(=O)/C(=C(/O)c2cc(Cl)cc(Cl)c2OC)C1c1ccc(OC)c(OCC)c1. The number of aliphatic hydroxyl groups is 1. The number of likely N-dealkylation sites (tertiary alicyclic amines) is 1. The minimum absolute atomic E-state index is 0.0855. The highest BCUT2D eigenvalue weighted by atomic mass is 35.5. The van der Waals surface area contributed by atoms with Crippen molar-refractivity contribution in [3.8, 4) is 17.2 Å². The molecule has 0 aromatic heterocycles. The summed E-state index contributed by atoms with van der Waals surface area (Å²) in [5, 5.41) is 11.7. The van der Waals surface area contributed by atoms with Gasteiger partial charge in [0.1, 0.15) is 11.5 Å². The van der Waals surface area contributed by atoms with Gasteiger partial charge >= 0.3 is 0 Å². The van der Waals surface area contributed by atoms with Crippen LogP contribution in [-0.2, 0) is 9.59 Å². The highest BCUT2D eigenvalue weighted by Crippen LogP contribution is 2.44. The fraction of sp³-hybridized carbons (Fsp3) is 0.333. The maximum absolute atomic E-state index is 13.1. The largest absolute Gasteiger partial charge is 0.507 e.